The summed E-state index contributed by atoms with van der Waals surface area (Å²) < 4.78 is 23.1. The van der Waals surface area contributed by atoms with Gasteiger partial charge in [0.15, 0.2) is 0 Å². The van der Waals surface area contributed by atoms with Crippen LogP contribution in [-0.4, -0.2) is 53.7 Å². The average Bonchev–Trinajstić information content (AvgIpc) is 3.06. The number of amides is 2. The summed E-state index contributed by atoms with van der Waals surface area (Å²) in [6, 6.07) is 18.7. The van der Waals surface area contributed by atoms with Crippen LogP contribution in [0.25, 0.3) is 0 Å². The first-order valence-electron chi connectivity index (χ1n) is 11.8. The summed E-state index contributed by atoms with van der Waals surface area (Å²) in [5.41, 5.74) is 0.286. The van der Waals surface area contributed by atoms with E-state index >= 15 is 0 Å². The molecule has 0 spiro atoms. The Morgan fingerprint density at radius 2 is 1.54 bits per heavy atom. The number of nitrogens with one attached hydrogen (secondary N) is 1. The number of nitrogens with zero attached hydrogens (tertiary/aromatic N) is 1. The number of hydrogen-bond acceptors (Lipinski definition) is 6. The van der Waals surface area contributed by atoms with Gasteiger partial charge in [0.05, 0.1) is 19.3 Å². The van der Waals surface area contributed by atoms with E-state index in [9.17, 15) is 9.59 Å². The van der Waals surface area contributed by atoms with Crippen LogP contribution >= 0.6 is 0 Å². The number of carbonyl (C=O) groups is 2. The summed E-state index contributed by atoms with van der Waals surface area (Å²) in [5.74, 6) is 0. The number of alkyl carbamates (subject to hydrolysis) is 1. The van der Waals surface area contributed by atoms with E-state index < -0.39 is 35.7 Å². The highest BCUT2D eigenvalue weighted by Crippen LogP contribution is 2.34. The maximum absolute atomic E-state index is 13.1. The van der Waals surface area contributed by atoms with Crippen molar-refractivity contribution in [1.82, 2.24) is 10.2 Å². The summed E-state index contributed by atoms with van der Waals surface area (Å²) in [7, 11) is 0. The molecule has 8 heteroatoms. The summed E-state index contributed by atoms with van der Waals surface area (Å²) in [5, 5.41) is 2.77. The monoisotopic (exact) mass is 484 g/mol. The Morgan fingerprint density at radius 3 is 2.11 bits per heavy atom. The minimum atomic E-state index is -0.955. The van der Waals surface area contributed by atoms with Gasteiger partial charge in [-0.1, -0.05) is 60.7 Å². The Balaban J connectivity index is 1.66. The molecule has 1 aliphatic rings. The molecule has 2 amide bonds. The molecule has 35 heavy (non-hydrogen) atoms. The van der Waals surface area contributed by atoms with Crippen molar-refractivity contribution in [2.24, 2.45) is 0 Å². The Labute approximate surface area is 207 Å². The second-order valence-electron chi connectivity index (χ2n) is 9.96. The third-order valence-electron chi connectivity index (χ3n) is 5.43. The van der Waals surface area contributed by atoms with Crippen molar-refractivity contribution in [3.63, 3.8) is 0 Å². The lowest BCUT2D eigenvalue weighted by molar-refractivity contribution is -0.0939. The second-order valence-corrected chi connectivity index (χ2v) is 9.96. The fourth-order valence-electron chi connectivity index (χ4n) is 3.93. The number of rotatable bonds is 8. The van der Waals surface area contributed by atoms with Crippen molar-refractivity contribution in [3.8, 4) is 0 Å². The van der Waals surface area contributed by atoms with Gasteiger partial charge in [0.1, 0.15) is 24.0 Å². The Hall–Kier alpha value is -3.10. The van der Waals surface area contributed by atoms with Crippen LogP contribution < -0.4 is 5.32 Å². The van der Waals surface area contributed by atoms with Gasteiger partial charge in [-0.25, -0.2) is 9.59 Å². The van der Waals surface area contributed by atoms with Crippen LogP contribution in [-0.2, 0) is 32.2 Å². The van der Waals surface area contributed by atoms with Crippen LogP contribution in [0.5, 0.6) is 0 Å². The molecule has 1 saturated heterocycles. The third kappa shape index (κ3) is 7.97. The van der Waals surface area contributed by atoms with Crippen molar-refractivity contribution >= 4 is 12.2 Å². The van der Waals surface area contributed by atoms with Gasteiger partial charge in [0, 0.05) is 6.54 Å². The quantitative estimate of drug-likeness (QED) is 0.575. The van der Waals surface area contributed by atoms with Crippen molar-refractivity contribution in [2.45, 2.75) is 71.3 Å². The van der Waals surface area contributed by atoms with Crippen LogP contribution in [0.3, 0.4) is 0 Å². The van der Waals surface area contributed by atoms with Crippen molar-refractivity contribution in [3.05, 3.63) is 71.8 Å². The van der Waals surface area contributed by atoms with Crippen LogP contribution in [0.2, 0.25) is 0 Å². The summed E-state index contributed by atoms with van der Waals surface area (Å²) in [6.07, 6.45) is -1.57. The van der Waals surface area contributed by atoms with Crippen LogP contribution in [0.1, 0.15) is 45.7 Å². The van der Waals surface area contributed by atoms with E-state index in [0.717, 1.165) is 11.1 Å². The molecule has 1 fully saturated rings. The van der Waals surface area contributed by atoms with Gasteiger partial charge in [-0.05, 0) is 45.7 Å². The number of hydrogen-bond donors (Lipinski definition) is 1. The van der Waals surface area contributed by atoms with E-state index in [-0.39, 0.29) is 19.8 Å². The molecule has 0 unspecified atom stereocenters. The average molecular weight is 485 g/mol. The predicted molar refractivity (Wildman–Crippen MR) is 132 cm³/mol. The van der Waals surface area contributed by atoms with Gasteiger partial charge in [0.2, 0.25) is 0 Å². The number of carbonyl (C=O) groups excluding carboxylic acids is 2. The third-order valence-corrected chi connectivity index (χ3v) is 5.43. The fourth-order valence-corrected chi connectivity index (χ4v) is 3.93. The van der Waals surface area contributed by atoms with Gasteiger partial charge in [-0.3, -0.25) is 4.90 Å². The van der Waals surface area contributed by atoms with Crippen LogP contribution in [0, 0.1) is 0 Å². The fraction of sp³-hybridized carbons (Fsp3) is 0.481. The summed E-state index contributed by atoms with van der Waals surface area (Å²) >= 11 is 0. The Morgan fingerprint density at radius 1 is 0.971 bits per heavy atom. The standard InChI is InChI=1S/C27H36N2O6/c1-26(2,3)35-25(31)29-22(16-28-24(30)33-18-21-14-10-7-11-15-21)23(34-27(29,4)5)19-32-17-20-12-8-6-9-13-20/h6-15,22-23H,16-19H2,1-5H3,(H,28,30)/t22-,23-/m1/s1. The zero-order chi connectivity index (χ0) is 25.5. The maximum atomic E-state index is 13.1. The number of benzene rings is 2. The van der Waals surface area contributed by atoms with Crippen LogP contribution in [0.4, 0.5) is 9.59 Å². The topological polar surface area (TPSA) is 86.3 Å². The highest BCUT2D eigenvalue weighted by Gasteiger charge is 2.51. The molecule has 190 valence electrons. The molecule has 3 rings (SSSR count). The van der Waals surface area contributed by atoms with E-state index in [1.807, 2.05) is 81.4 Å². The minimum Gasteiger partial charge on any atom is -0.445 e. The van der Waals surface area contributed by atoms with E-state index in [2.05, 4.69) is 5.32 Å². The molecule has 8 nitrogen and oxygen atoms in total. The summed E-state index contributed by atoms with van der Waals surface area (Å²) in [4.78, 5) is 27.1. The zero-order valence-electron chi connectivity index (χ0n) is 21.2. The lowest BCUT2D eigenvalue weighted by Crippen LogP contribution is -2.54. The molecule has 0 aromatic heterocycles. The molecule has 2 aromatic rings. The van der Waals surface area contributed by atoms with Gasteiger partial charge >= 0.3 is 12.2 Å². The molecule has 1 aliphatic heterocycles. The molecular weight excluding hydrogens is 448 g/mol. The zero-order valence-corrected chi connectivity index (χ0v) is 21.2. The van der Waals surface area contributed by atoms with Crippen molar-refractivity contribution in [1.29, 1.82) is 0 Å². The van der Waals surface area contributed by atoms with E-state index in [4.69, 9.17) is 18.9 Å². The van der Waals surface area contributed by atoms with Gasteiger partial charge in [0.25, 0.3) is 0 Å². The van der Waals surface area contributed by atoms with E-state index in [1.54, 1.807) is 13.8 Å². The molecule has 0 saturated carbocycles. The first-order valence-corrected chi connectivity index (χ1v) is 11.8. The van der Waals surface area contributed by atoms with Crippen LogP contribution in [0.15, 0.2) is 60.7 Å². The first-order chi connectivity index (χ1) is 16.5. The normalized spacial score (nSPS) is 19.3. The number of ether oxygens (including phenoxy) is 4. The van der Waals surface area contributed by atoms with Gasteiger partial charge in [-0.15, -0.1) is 0 Å². The molecule has 0 bridgehead atoms. The molecule has 1 N–H and O–H groups in total. The smallest absolute Gasteiger partial charge is 0.412 e. The first kappa shape index (κ1) is 26.5. The van der Waals surface area contributed by atoms with Crippen molar-refractivity contribution in [2.75, 3.05) is 13.2 Å². The highest BCUT2D eigenvalue weighted by molar-refractivity contribution is 5.70. The summed E-state index contributed by atoms with van der Waals surface area (Å²) in [6.45, 7) is 9.95. The second kappa shape index (κ2) is 11.6. The SMILES string of the molecule is CC(C)(C)OC(=O)N1[C@H](CNC(=O)OCc2ccccc2)[C@@H](COCc2ccccc2)OC1(C)C. The van der Waals surface area contributed by atoms with Gasteiger partial charge < -0.3 is 24.3 Å². The highest BCUT2D eigenvalue weighted by atomic mass is 16.6. The molecule has 0 radical (unpaired) electrons. The Kier molecular flexibility index (Phi) is 8.75. The lowest BCUT2D eigenvalue weighted by atomic mass is 10.1. The maximum Gasteiger partial charge on any atom is 0.412 e. The van der Waals surface area contributed by atoms with E-state index in [0.29, 0.717) is 6.61 Å². The molecule has 2 atom stereocenters. The Bertz CT molecular complexity index is 959. The van der Waals surface area contributed by atoms with Gasteiger partial charge in [-0.2, -0.15) is 0 Å². The molecule has 1 heterocycles. The molecule has 2 aromatic carbocycles. The lowest BCUT2D eigenvalue weighted by Gasteiger charge is -2.35. The van der Waals surface area contributed by atoms with E-state index in [1.165, 1.54) is 4.90 Å². The predicted octanol–water partition coefficient (Wildman–Crippen LogP) is 4.87. The van der Waals surface area contributed by atoms with Crippen molar-refractivity contribution < 1.29 is 28.5 Å². The largest absolute Gasteiger partial charge is 0.445 e. The molecular formula is C27H36N2O6. The molecule has 0 aliphatic carbocycles. The minimum absolute atomic E-state index is 0.121.